The van der Waals surface area contributed by atoms with E-state index in [2.05, 4.69) is 26.7 Å². The van der Waals surface area contributed by atoms with Crippen LogP contribution in [-0.4, -0.2) is 28.3 Å². The average molecular weight is 458 g/mol. The minimum atomic E-state index is -0.303. The number of hydrogen-bond acceptors (Lipinski definition) is 6. The molecule has 7 nitrogen and oxygen atoms in total. The number of benzene rings is 1. The fourth-order valence-corrected chi connectivity index (χ4v) is 3.84. The van der Waals surface area contributed by atoms with Gasteiger partial charge in [0, 0.05) is 23.8 Å². The molecule has 0 bridgehead atoms. The molecule has 0 aliphatic carbocycles. The molecule has 2 aromatic heterocycles. The van der Waals surface area contributed by atoms with Crippen molar-refractivity contribution < 1.29 is 9.59 Å². The van der Waals surface area contributed by atoms with Gasteiger partial charge in [-0.3, -0.25) is 9.59 Å². The molecule has 0 spiro atoms. The summed E-state index contributed by atoms with van der Waals surface area (Å²) in [5, 5.41) is 6.21. The monoisotopic (exact) mass is 457 g/mol. The van der Waals surface area contributed by atoms with Crippen LogP contribution in [0.25, 0.3) is 0 Å². The van der Waals surface area contributed by atoms with Crippen LogP contribution in [0.2, 0.25) is 0 Å². The molecule has 162 valence electrons. The third-order valence-corrected chi connectivity index (χ3v) is 5.22. The molecule has 3 rings (SSSR count). The molecule has 0 saturated heterocycles. The number of aromatic nitrogens is 2. The molecule has 0 unspecified atom stereocenters. The number of anilines is 2. The third kappa shape index (κ3) is 7.06. The summed E-state index contributed by atoms with van der Waals surface area (Å²) in [5.41, 5.74) is 9.69. The summed E-state index contributed by atoms with van der Waals surface area (Å²) in [6.45, 7) is 3.88. The van der Waals surface area contributed by atoms with Crippen molar-refractivity contribution >= 4 is 47.5 Å². The van der Waals surface area contributed by atoms with E-state index in [9.17, 15) is 9.59 Å². The van der Waals surface area contributed by atoms with Crippen molar-refractivity contribution in [2.45, 2.75) is 24.6 Å². The van der Waals surface area contributed by atoms with Crippen molar-refractivity contribution in [2.24, 2.45) is 5.73 Å². The van der Waals surface area contributed by atoms with Gasteiger partial charge in [-0.25, -0.2) is 9.97 Å². The molecule has 1 aromatic carbocycles. The summed E-state index contributed by atoms with van der Waals surface area (Å²) in [5.74, 6) is 0.496. The lowest BCUT2D eigenvalue weighted by Crippen LogP contribution is -2.22. The summed E-state index contributed by atoms with van der Waals surface area (Å²) in [6, 6.07) is 13.0. The summed E-state index contributed by atoms with van der Waals surface area (Å²) in [7, 11) is 0. The molecule has 2 amide bonds. The topological polar surface area (TPSA) is 110 Å². The molecule has 0 aliphatic rings. The Morgan fingerprint density at radius 2 is 1.74 bits per heavy atom. The summed E-state index contributed by atoms with van der Waals surface area (Å²) < 4.78 is 0. The number of halogens is 1. The maximum absolute atomic E-state index is 12.8. The zero-order valence-corrected chi connectivity index (χ0v) is 18.8. The van der Waals surface area contributed by atoms with Gasteiger partial charge in [-0.05, 0) is 66.9 Å². The number of amides is 2. The van der Waals surface area contributed by atoms with E-state index in [1.165, 1.54) is 11.8 Å². The van der Waals surface area contributed by atoms with E-state index in [0.717, 1.165) is 22.4 Å². The quantitative estimate of drug-likeness (QED) is 0.463. The Morgan fingerprint density at radius 3 is 2.45 bits per heavy atom. The molecule has 2 heterocycles. The third-order valence-electron chi connectivity index (χ3n) is 4.15. The van der Waals surface area contributed by atoms with Gasteiger partial charge >= 0.3 is 0 Å². The Balaban J connectivity index is 0.00000341. The predicted octanol–water partition coefficient (Wildman–Crippen LogP) is 3.96. The number of rotatable bonds is 7. The Kier molecular flexibility index (Phi) is 8.99. The molecule has 0 atom stereocenters. The van der Waals surface area contributed by atoms with Crippen LogP contribution in [0.3, 0.4) is 0 Å². The molecule has 9 heteroatoms. The average Bonchev–Trinajstić information content (AvgIpc) is 2.72. The lowest BCUT2D eigenvalue weighted by molar-refractivity contribution is -0.114. The predicted molar refractivity (Wildman–Crippen MR) is 127 cm³/mol. The van der Waals surface area contributed by atoms with E-state index in [0.29, 0.717) is 22.2 Å². The molecule has 0 saturated carbocycles. The van der Waals surface area contributed by atoms with Crippen LogP contribution in [0.15, 0.2) is 59.9 Å². The van der Waals surface area contributed by atoms with Crippen molar-refractivity contribution in [3.05, 3.63) is 77.1 Å². The number of aryl methyl sites for hydroxylation is 2. The fraction of sp³-hybridized carbons (Fsp3) is 0.182. The van der Waals surface area contributed by atoms with E-state index < -0.39 is 0 Å². The first-order chi connectivity index (χ1) is 14.4. The Labute approximate surface area is 191 Å². The Hall–Kier alpha value is -2.94. The zero-order valence-electron chi connectivity index (χ0n) is 17.2. The van der Waals surface area contributed by atoms with Crippen LogP contribution in [-0.2, 0) is 10.5 Å². The van der Waals surface area contributed by atoms with Crippen LogP contribution < -0.4 is 16.4 Å². The second kappa shape index (κ2) is 11.5. The molecule has 31 heavy (non-hydrogen) atoms. The van der Waals surface area contributed by atoms with Gasteiger partial charge in [0.05, 0.1) is 12.1 Å². The smallest absolute Gasteiger partial charge is 0.258 e. The van der Waals surface area contributed by atoms with Gasteiger partial charge in [0.1, 0.15) is 10.8 Å². The molecule has 0 aliphatic heterocycles. The molecular weight excluding hydrogens is 434 g/mol. The number of nitrogens with one attached hydrogen (secondary N) is 2. The minimum Gasteiger partial charge on any atom is -0.322 e. The molecule has 0 radical (unpaired) electrons. The van der Waals surface area contributed by atoms with Gasteiger partial charge in [-0.1, -0.05) is 6.07 Å². The van der Waals surface area contributed by atoms with Crippen LogP contribution in [0.1, 0.15) is 27.0 Å². The van der Waals surface area contributed by atoms with E-state index in [4.69, 9.17) is 5.73 Å². The Morgan fingerprint density at radius 1 is 1.00 bits per heavy atom. The van der Waals surface area contributed by atoms with Crippen LogP contribution in [0.5, 0.6) is 0 Å². The maximum atomic E-state index is 12.8. The standard InChI is InChI=1S/C22H23N5O2S.ClH/c1-14-8-15(2)10-17(9-14)26-21(29)18-4-3-6-25-22(18)30-13-16-5-7-24-19(11-16)27-20(28)12-23;/h3-11H,12-13,23H2,1-2H3,(H,26,29)(H,24,27,28);1H. The highest BCUT2D eigenvalue weighted by Gasteiger charge is 2.14. The number of thioether (sulfide) groups is 1. The highest BCUT2D eigenvalue weighted by molar-refractivity contribution is 7.98. The highest BCUT2D eigenvalue weighted by Crippen LogP contribution is 2.26. The maximum Gasteiger partial charge on any atom is 0.258 e. The summed E-state index contributed by atoms with van der Waals surface area (Å²) >= 11 is 1.44. The second-order valence-corrected chi connectivity index (χ2v) is 7.74. The van der Waals surface area contributed by atoms with Gasteiger partial charge < -0.3 is 16.4 Å². The van der Waals surface area contributed by atoms with Crippen LogP contribution in [0, 0.1) is 13.8 Å². The number of nitrogens with zero attached hydrogens (tertiary/aromatic N) is 2. The number of carbonyl (C=O) groups excluding carboxylic acids is 2. The number of nitrogens with two attached hydrogens (primary N) is 1. The lowest BCUT2D eigenvalue weighted by Gasteiger charge is -2.11. The summed E-state index contributed by atoms with van der Waals surface area (Å²) in [4.78, 5) is 32.8. The van der Waals surface area contributed by atoms with Gasteiger partial charge in [0.25, 0.3) is 5.91 Å². The first-order valence-corrected chi connectivity index (χ1v) is 10.4. The van der Waals surface area contributed by atoms with E-state index in [-0.39, 0.29) is 30.8 Å². The SMILES string of the molecule is Cc1cc(C)cc(NC(=O)c2cccnc2SCc2ccnc(NC(=O)CN)c2)c1.Cl. The number of carbonyl (C=O) groups is 2. The summed E-state index contributed by atoms with van der Waals surface area (Å²) in [6.07, 6.45) is 3.28. The molecule has 4 N–H and O–H groups in total. The van der Waals surface area contributed by atoms with Crippen molar-refractivity contribution in [3.63, 3.8) is 0 Å². The number of hydrogen-bond donors (Lipinski definition) is 3. The normalized spacial score (nSPS) is 10.2. The van der Waals surface area contributed by atoms with Crippen molar-refractivity contribution in [2.75, 3.05) is 17.2 Å². The van der Waals surface area contributed by atoms with Crippen molar-refractivity contribution in [1.82, 2.24) is 9.97 Å². The lowest BCUT2D eigenvalue weighted by atomic mass is 10.1. The van der Waals surface area contributed by atoms with E-state index in [1.807, 2.05) is 32.0 Å². The highest BCUT2D eigenvalue weighted by atomic mass is 35.5. The Bertz CT molecular complexity index is 1060. The first-order valence-electron chi connectivity index (χ1n) is 9.37. The van der Waals surface area contributed by atoms with Crippen LogP contribution in [0.4, 0.5) is 11.5 Å². The minimum absolute atomic E-state index is 0. The zero-order chi connectivity index (χ0) is 21.5. The van der Waals surface area contributed by atoms with Gasteiger partial charge in [-0.2, -0.15) is 0 Å². The largest absolute Gasteiger partial charge is 0.322 e. The fourth-order valence-electron chi connectivity index (χ4n) is 2.90. The van der Waals surface area contributed by atoms with E-state index in [1.54, 1.807) is 30.6 Å². The number of pyridine rings is 2. The van der Waals surface area contributed by atoms with Gasteiger partial charge in [0.15, 0.2) is 0 Å². The van der Waals surface area contributed by atoms with Crippen LogP contribution >= 0.6 is 24.2 Å². The van der Waals surface area contributed by atoms with Crippen molar-refractivity contribution in [3.8, 4) is 0 Å². The van der Waals surface area contributed by atoms with Gasteiger partial charge in [0.2, 0.25) is 5.91 Å². The molecular formula is C22H24ClN5O2S. The molecule has 3 aromatic rings. The molecule has 0 fully saturated rings. The second-order valence-electron chi connectivity index (χ2n) is 6.78. The van der Waals surface area contributed by atoms with Gasteiger partial charge in [-0.15, -0.1) is 24.2 Å². The first kappa shape index (κ1) is 24.3. The van der Waals surface area contributed by atoms with E-state index >= 15 is 0 Å². The van der Waals surface area contributed by atoms with Crippen molar-refractivity contribution in [1.29, 1.82) is 0 Å².